The van der Waals surface area contributed by atoms with Crippen molar-refractivity contribution in [3.8, 4) is 17.2 Å². The summed E-state index contributed by atoms with van der Waals surface area (Å²) in [5, 5.41) is 5.67. The van der Waals surface area contributed by atoms with Crippen molar-refractivity contribution in [2.24, 2.45) is 5.41 Å². The van der Waals surface area contributed by atoms with Crippen molar-refractivity contribution in [2.45, 2.75) is 31.8 Å². The molecule has 2 fully saturated rings. The summed E-state index contributed by atoms with van der Waals surface area (Å²) in [6, 6.07) is 3.28. The van der Waals surface area contributed by atoms with Crippen molar-refractivity contribution in [2.75, 3.05) is 39.8 Å². The molecule has 148 valence electrons. The van der Waals surface area contributed by atoms with Crippen molar-refractivity contribution < 1.29 is 28.5 Å². The maximum atomic E-state index is 12.8. The Bertz CT molecular complexity index is 685. The van der Waals surface area contributed by atoms with Crippen LogP contribution >= 0.6 is 0 Å². The zero-order valence-corrected chi connectivity index (χ0v) is 15.9. The van der Waals surface area contributed by atoms with Gasteiger partial charge in [-0.05, 0) is 25.7 Å². The number of methoxy groups -OCH3 is 3. The zero-order valence-electron chi connectivity index (χ0n) is 15.9. The van der Waals surface area contributed by atoms with Gasteiger partial charge in [-0.15, -0.1) is 0 Å². The summed E-state index contributed by atoms with van der Waals surface area (Å²) in [6.07, 6.45) is 3.04. The Hall–Kier alpha value is -2.48. The van der Waals surface area contributed by atoms with Crippen molar-refractivity contribution in [1.82, 2.24) is 5.32 Å². The van der Waals surface area contributed by atoms with Gasteiger partial charge in [0.1, 0.15) is 5.41 Å². The molecule has 1 aliphatic carbocycles. The summed E-state index contributed by atoms with van der Waals surface area (Å²) in [4.78, 5) is 25.3. The summed E-state index contributed by atoms with van der Waals surface area (Å²) >= 11 is 0. The molecule has 1 unspecified atom stereocenters. The fourth-order valence-electron chi connectivity index (χ4n) is 3.27. The van der Waals surface area contributed by atoms with E-state index < -0.39 is 5.41 Å². The molecule has 0 spiro atoms. The average Bonchev–Trinajstić information content (AvgIpc) is 3.34. The molecular formula is C19H26N2O6. The number of amides is 2. The second-order valence-electron chi connectivity index (χ2n) is 6.80. The van der Waals surface area contributed by atoms with E-state index in [1.54, 1.807) is 12.1 Å². The quantitative estimate of drug-likeness (QED) is 0.669. The van der Waals surface area contributed by atoms with Crippen molar-refractivity contribution in [3.05, 3.63) is 12.1 Å². The van der Waals surface area contributed by atoms with E-state index in [1.165, 1.54) is 21.3 Å². The molecule has 1 aliphatic heterocycles. The molecule has 2 aliphatic rings. The number of carbonyl (C=O) groups excluding carboxylic acids is 2. The molecule has 27 heavy (non-hydrogen) atoms. The first-order valence-electron chi connectivity index (χ1n) is 9.05. The third-order valence-electron chi connectivity index (χ3n) is 5.06. The first-order valence-corrected chi connectivity index (χ1v) is 9.05. The number of carbonyl (C=O) groups is 2. The molecule has 0 radical (unpaired) electrons. The minimum atomic E-state index is -1.01. The van der Waals surface area contributed by atoms with Gasteiger partial charge < -0.3 is 29.6 Å². The Labute approximate surface area is 158 Å². The summed E-state index contributed by atoms with van der Waals surface area (Å²) in [6.45, 7) is 1.17. The van der Waals surface area contributed by atoms with Crippen molar-refractivity contribution in [1.29, 1.82) is 0 Å². The lowest BCUT2D eigenvalue weighted by Gasteiger charge is -2.18. The lowest BCUT2D eigenvalue weighted by Crippen LogP contribution is -2.42. The van der Waals surface area contributed by atoms with Crippen LogP contribution in [0, 0.1) is 5.41 Å². The smallest absolute Gasteiger partial charge is 0.240 e. The number of hydrogen-bond acceptors (Lipinski definition) is 6. The Kier molecular flexibility index (Phi) is 5.74. The predicted molar refractivity (Wildman–Crippen MR) is 98.4 cm³/mol. The molecule has 2 amide bonds. The van der Waals surface area contributed by atoms with Crippen molar-refractivity contribution in [3.63, 3.8) is 0 Å². The molecule has 1 heterocycles. The molecule has 8 nitrogen and oxygen atoms in total. The molecule has 8 heteroatoms. The highest BCUT2D eigenvalue weighted by Crippen LogP contribution is 2.47. The topological polar surface area (TPSA) is 95.1 Å². The average molecular weight is 378 g/mol. The Morgan fingerprint density at radius 1 is 1.11 bits per heavy atom. The second kappa shape index (κ2) is 8.04. The highest BCUT2D eigenvalue weighted by atomic mass is 16.5. The van der Waals surface area contributed by atoms with Gasteiger partial charge in [0.05, 0.1) is 27.4 Å². The summed E-state index contributed by atoms with van der Waals surface area (Å²) < 4.78 is 21.4. The SMILES string of the molecule is COc1cc(NC(=O)C2(C(=O)NCC3CCCO3)CC2)cc(OC)c1OC. The van der Waals surface area contributed by atoms with Crippen LogP contribution in [-0.2, 0) is 14.3 Å². The van der Waals surface area contributed by atoms with Crippen LogP contribution in [0.3, 0.4) is 0 Å². The third kappa shape index (κ3) is 3.95. The Morgan fingerprint density at radius 3 is 2.26 bits per heavy atom. The molecule has 2 N–H and O–H groups in total. The molecule has 1 saturated carbocycles. The summed E-state index contributed by atoms with van der Waals surface area (Å²) in [5.41, 5.74) is -0.536. The zero-order chi connectivity index (χ0) is 19.4. The molecule has 3 rings (SSSR count). The van der Waals surface area contributed by atoms with Crippen LogP contribution in [0.25, 0.3) is 0 Å². The van der Waals surface area contributed by atoms with Crippen LogP contribution in [0.2, 0.25) is 0 Å². The molecule has 0 bridgehead atoms. The number of rotatable bonds is 8. The molecule has 1 saturated heterocycles. The fourth-order valence-corrected chi connectivity index (χ4v) is 3.27. The molecule has 1 aromatic rings. The van der Waals surface area contributed by atoms with Crippen LogP contribution in [0.15, 0.2) is 12.1 Å². The van der Waals surface area contributed by atoms with Gasteiger partial charge in [-0.1, -0.05) is 0 Å². The van der Waals surface area contributed by atoms with Crippen LogP contribution in [0.1, 0.15) is 25.7 Å². The van der Waals surface area contributed by atoms with E-state index in [9.17, 15) is 9.59 Å². The van der Waals surface area contributed by atoms with E-state index in [1.807, 2.05) is 0 Å². The van der Waals surface area contributed by atoms with Gasteiger partial charge in [0, 0.05) is 31.0 Å². The van der Waals surface area contributed by atoms with E-state index in [0.717, 1.165) is 19.4 Å². The monoisotopic (exact) mass is 378 g/mol. The van der Waals surface area contributed by atoms with Crippen LogP contribution in [-0.4, -0.2) is 52.4 Å². The lowest BCUT2D eigenvalue weighted by molar-refractivity contribution is -0.134. The van der Waals surface area contributed by atoms with Gasteiger partial charge in [0.25, 0.3) is 0 Å². The van der Waals surface area contributed by atoms with Gasteiger partial charge >= 0.3 is 0 Å². The standard InChI is InChI=1S/C19H26N2O6/c1-24-14-9-12(10-15(25-2)16(14)26-3)21-18(23)19(6-7-19)17(22)20-11-13-5-4-8-27-13/h9-10,13H,4-8,11H2,1-3H3,(H,20,22)(H,21,23). The number of hydrogen-bond donors (Lipinski definition) is 2. The first kappa shape index (κ1) is 19.3. The second-order valence-corrected chi connectivity index (χ2v) is 6.80. The number of ether oxygens (including phenoxy) is 4. The fraction of sp³-hybridized carbons (Fsp3) is 0.579. The largest absolute Gasteiger partial charge is 0.493 e. The van der Waals surface area contributed by atoms with Crippen LogP contribution in [0.5, 0.6) is 17.2 Å². The van der Waals surface area contributed by atoms with Gasteiger partial charge in [-0.2, -0.15) is 0 Å². The number of nitrogens with one attached hydrogen (secondary N) is 2. The van der Waals surface area contributed by atoms with Gasteiger partial charge in [0.2, 0.25) is 17.6 Å². The summed E-state index contributed by atoms with van der Waals surface area (Å²) in [5.74, 6) is 0.720. The molecule has 0 aromatic heterocycles. The molecule has 1 atom stereocenters. The highest BCUT2D eigenvalue weighted by molar-refractivity contribution is 6.13. The van der Waals surface area contributed by atoms with E-state index in [0.29, 0.717) is 42.3 Å². The number of benzene rings is 1. The van der Waals surface area contributed by atoms with E-state index in [2.05, 4.69) is 10.6 Å². The van der Waals surface area contributed by atoms with Crippen molar-refractivity contribution >= 4 is 17.5 Å². The van der Waals surface area contributed by atoms with E-state index >= 15 is 0 Å². The van der Waals surface area contributed by atoms with Gasteiger partial charge in [-0.3, -0.25) is 9.59 Å². The van der Waals surface area contributed by atoms with E-state index in [4.69, 9.17) is 18.9 Å². The minimum absolute atomic E-state index is 0.0444. The third-order valence-corrected chi connectivity index (χ3v) is 5.06. The Balaban J connectivity index is 1.68. The normalized spacial score (nSPS) is 19.9. The Morgan fingerprint density at radius 2 is 1.78 bits per heavy atom. The molecular weight excluding hydrogens is 352 g/mol. The maximum absolute atomic E-state index is 12.8. The number of anilines is 1. The van der Waals surface area contributed by atoms with Crippen LogP contribution < -0.4 is 24.8 Å². The first-order chi connectivity index (χ1) is 13.0. The molecule has 1 aromatic carbocycles. The van der Waals surface area contributed by atoms with Crippen LogP contribution in [0.4, 0.5) is 5.69 Å². The minimum Gasteiger partial charge on any atom is -0.493 e. The maximum Gasteiger partial charge on any atom is 0.240 e. The lowest BCUT2D eigenvalue weighted by atomic mass is 10.0. The van der Waals surface area contributed by atoms with Gasteiger partial charge in [0.15, 0.2) is 11.5 Å². The van der Waals surface area contributed by atoms with E-state index in [-0.39, 0.29) is 17.9 Å². The summed E-state index contributed by atoms with van der Waals surface area (Å²) in [7, 11) is 4.52. The van der Waals surface area contributed by atoms with Gasteiger partial charge in [-0.25, -0.2) is 0 Å². The highest BCUT2D eigenvalue weighted by Gasteiger charge is 2.56. The predicted octanol–water partition coefficient (Wildman–Crippen LogP) is 1.73.